The number of halogens is 5. The van der Waals surface area contributed by atoms with Gasteiger partial charge in [0.15, 0.2) is 21.9 Å². The Hall–Kier alpha value is -8.97. The average molecular weight is 1290 g/mol. The molecule has 2 aliphatic carbocycles. The number of carboxylic acids is 1. The van der Waals surface area contributed by atoms with E-state index in [2.05, 4.69) is 57.6 Å². The highest BCUT2D eigenvalue weighted by atomic mass is 35.5. The maximum atomic E-state index is 14.7. The Morgan fingerprint density at radius 1 is 0.580 bits per heavy atom. The van der Waals surface area contributed by atoms with Crippen LogP contribution in [-0.4, -0.2) is 84.1 Å². The number of benzene rings is 4. The van der Waals surface area contributed by atoms with Crippen molar-refractivity contribution >= 4 is 117 Å². The third-order valence-corrected chi connectivity index (χ3v) is 16.0. The first-order valence-corrected chi connectivity index (χ1v) is 29.1. The number of carbonyl (C=O) groups excluding carboxylic acids is 3. The van der Waals surface area contributed by atoms with E-state index in [9.17, 15) is 28.0 Å². The number of rotatable bonds is 11. The highest BCUT2D eigenvalue weighted by Crippen LogP contribution is 2.35. The van der Waals surface area contributed by atoms with Gasteiger partial charge in [-0.2, -0.15) is 0 Å². The predicted molar refractivity (Wildman–Crippen MR) is 344 cm³/mol. The summed E-state index contributed by atoms with van der Waals surface area (Å²) in [7, 11) is 0. The second kappa shape index (κ2) is 29.1. The maximum absolute atomic E-state index is 14.7. The van der Waals surface area contributed by atoms with Crippen LogP contribution in [0.4, 0.5) is 31.8 Å². The Labute approximate surface area is 531 Å². The van der Waals surface area contributed by atoms with E-state index < -0.39 is 30.0 Å². The van der Waals surface area contributed by atoms with E-state index in [4.69, 9.17) is 58.5 Å². The summed E-state index contributed by atoms with van der Waals surface area (Å²) in [5.41, 5.74) is 25.6. The Kier molecular flexibility index (Phi) is 21.0. The second-order valence-corrected chi connectivity index (χ2v) is 22.0. The minimum absolute atomic E-state index is 0. The molecule has 2 aliphatic heterocycles. The normalized spacial score (nSPS) is 16.9. The van der Waals surface area contributed by atoms with Crippen molar-refractivity contribution in [3.8, 4) is 0 Å². The zero-order valence-corrected chi connectivity index (χ0v) is 50.5. The fourth-order valence-electron chi connectivity index (χ4n) is 10.6. The number of hydrazine groups is 2. The van der Waals surface area contributed by atoms with E-state index in [0.29, 0.717) is 49.8 Å². The number of aromatic nitrogens is 4. The monoisotopic (exact) mass is 1280 g/mol. The van der Waals surface area contributed by atoms with Crippen LogP contribution in [0.1, 0.15) is 90.1 Å². The molecule has 4 unspecified atom stereocenters. The molecule has 2 saturated heterocycles. The number of nitrogens with zero attached hydrogens (tertiary/aromatic N) is 6. The van der Waals surface area contributed by atoms with Crippen LogP contribution in [0.2, 0.25) is 10.0 Å². The fourth-order valence-corrected chi connectivity index (χ4v) is 11.3. The molecule has 452 valence electrons. The zero-order valence-electron chi connectivity index (χ0n) is 46.6. The van der Waals surface area contributed by atoms with Gasteiger partial charge < -0.3 is 36.6 Å². The van der Waals surface area contributed by atoms with Crippen LogP contribution in [0, 0.1) is 11.6 Å². The van der Waals surface area contributed by atoms with Gasteiger partial charge in [0.25, 0.3) is 5.91 Å². The van der Waals surface area contributed by atoms with Gasteiger partial charge >= 0.3 is 5.97 Å². The lowest BCUT2D eigenvalue weighted by molar-refractivity contribution is -0.119. The molecule has 8 aromatic rings. The maximum Gasteiger partial charge on any atom is 0.337 e. The zero-order chi connectivity index (χ0) is 61.1. The SMILES string of the molecule is Cl.NC1CCN(c2ccccc2)C1=O.O=C(NC1CCN(c2ccccc2)C1=O)c1cnc(NNC(=S)NC2c3cnccc3CCc3c(F)cccc32)c(Cl)c1.O=C(O)c1cnc(NNC(=S)NC2c3cnccc3CCc3c(F)cccc32)c(Cl)c1. The van der Waals surface area contributed by atoms with Gasteiger partial charge in [-0.3, -0.25) is 46.1 Å². The number of nitrogens with one attached hydrogen (secondary N) is 7. The summed E-state index contributed by atoms with van der Waals surface area (Å²) in [6.07, 6.45) is 13.3. The number of nitrogens with two attached hydrogens (primary N) is 1. The lowest BCUT2D eigenvalue weighted by Crippen LogP contribution is -2.42. The summed E-state index contributed by atoms with van der Waals surface area (Å²) in [5, 5.41) is 19.0. The summed E-state index contributed by atoms with van der Waals surface area (Å²) < 4.78 is 29.3. The molecular formula is C62H57Cl3F2N14O5S2. The molecule has 4 atom stereocenters. The molecule has 0 spiro atoms. The van der Waals surface area contributed by atoms with Crippen molar-refractivity contribution in [2.75, 3.05) is 33.7 Å². The van der Waals surface area contributed by atoms with Crippen molar-refractivity contribution in [2.45, 2.75) is 62.7 Å². The summed E-state index contributed by atoms with van der Waals surface area (Å²) >= 11 is 23.5. The molecule has 10 N–H and O–H groups in total. The number of hydrogen-bond acceptors (Lipinski definition) is 13. The van der Waals surface area contributed by atoms with Crippen molar-refractivity contribution < 1.29 is 33.1 Å². The van der Waals surface area contributed by atoms with E-state index >= 15 is 0 Å². The van der Waals surface area contributed by atoms with Crippen molar-refractivity contribution in [1.82, 2.24) is 46.7 Å². The Morgan fingerprint density at radius 3 is 1.51 bits per heavy atom. The van der Waals surface area contributed by atoms with Crippen molar-refractivity contribution in [3.63, 3.8) is 0 Å². The molecule has 2 fully saturated rings. The van der Waals surface area contributed by atoms with E-state index in [1.54, 1.807) is 46.7 Å². The molecule has 0 bridgehead atoms. The number of pyridine rings is 4. The number of aromatic carboxylic acids is 1. The van der Waals surface area contributed by atoms with E-state index in [1.807, 2.05) is 84.9 Å². The molecule has 19 nitrogen and oxygen atoms in total. The number of para-hydroxylation sites is 2. The van der Waals surface area contributed by atoms with Gasteiger partial charge in [-0.1, -0.05) is 83.9 Å². The smallest absolute Gasteiger partial charge is 0.337 e. The van der Waals surface area contributed by atoms with Crippen LogP contribution < -0.4 is 53.2 Å². The van der Waals surface area contributed by atoms with E-state index in [1.165, 1.54) is 36.7 Å². The molecule has 4 aliphatic rings. The number of carboxylic acid groups (broad SMARTS) is 1. The van der Waals surface area contributed by atoms with Gasteiger partial charge in [0, 0.05) is 72.8 Å². The van der Waals surface area contributed by atoms with Gasteiger partial charge in [-0.25, -0.2) is 23.5 Å². The number of anilines is 4. The standard InChI is InChI=1S/C31H27ClFN7O2S.C21H17ClFN5O2S.C10H12N2O.ClH/c32-24-15-19(29(41)36-26-12-14-40(30(26)42)20-5-2-1-3-6-20)16-35-28(24)38-39-31(43)37-27-22-7-4-8-25(33)21(22)10-9-18-11-13-34-17-23(18)27;22-16-8-12(20(29)30)9-25-19(16)27-28-21(31)26-18-14-2-1-3-17(23)13(14)5-4-11-6-7-24-10-15(11)18;11-9-6-7-12(10(9)13)8-4-2-1-3-5-8;/h1-8,11,13,15-17,26-27H,9-10,12,14H2,(H,35,38)(H,36,41)(H2,37,39,43);1-3,6-10,18H,4-5H2,(H,25,27)(H,29,30)(H2,26,28,31);1-5,9H,6-7,11H2;1H. The minimum Gasteiger partial charge on any atom is -0.478 e. The van der Waals surface area contributed by atoms with Crippen LogP contribution >= 0.6 is 60.0 Å². The minimum atomic E-state index is -1.13. The first-order valence-electron chi connectivity index (χ1n) is 27.5. The fraction of sp³-hybridized carbons (Fsp3) is 0.194. The average Bonchev–Trinajstić information content (AvgIpc) is 2.72. The summed E-state index contributed by atoms with van der Waals surface area (Å²) in [6, 6.07) is 33.8. The van der Waals surface area contributed by atoms with Gasteiger partial charge in [0.05, 0.1) is 39.3 Å². The quantitative estimate of drug-likeness (QED) is 0.0432. The molecule has 88 heavy (non-hydrogen) atoms. The summed E-state index contributed by atoms with van der Waals surface area (Å²) in [6.45, 7) is 1.25. The highest BCUT2D eigenvalue weighted by molar-refractivity contribution is 7.80. The van der Waals surface area contributed by atoms with Crippen molar-refractivity contribution in [2.24, 2.45) is 5.73 Å². The number of hydrogen-bond donors (Lipinski definition) is 9. The topological polar surface area (TPSA) is 257 Å². The van der Waals surface area contributed by atoms with Crippen molar-refractivity contribution in [3.05, 3.63) is 236 Å². The van der Waals surface area contributed by atoms with E-state index in [0.717, 1.165) is 57.7 Å². The number of fused-ring (bicyclic) bond motifs is 4. The first kappa shape index (κ1) is 63.5. The van der Waals surface area contributed by atoms with Crippen LogP contribution in [0.3, 0.4) is 0 Å². The van der Waals surface area contributed by atoms with Crippen molar-refractivity contribution in [1.29, 1.82) is 0 Å². The number of carbonyl (C=O) groups is 4. The molecule has 3 amide bonds. The third kappa shape index (κ3) is 14.9. The van der Waals surface area contributed by atoms with Gasteiger partial charge in [0.1, 0.15) is 17.7 Å². The number of aryl methyl sites for hydroxylation is 2. The molecule has 0 saturated carbocycles. The molecule has 4 aromatic heterocycles. The Morgan fingerprint density at radius 2 is 1.05 bits per heavy atom. The van der Waals surface area contributed by atoms with Crippen LogP contribution in [0.25, 0.3) is 0 Å². The summed E-state index contributed by atoms with van der Waals surface area (Å²) in [5.74, 6) is -1.77. The second-order valence-electron chi connectivity index (χ2n) is 20.4. The predicted octanol–water partition coefficient (Wildman–Crippen LogP) is 9.30. The molecular weight excluding hydrogens is 1230 g/mol. The first-order chi connectivity index (χ1) is 42.1. The largest absolute Gasteiger partial charge is 0.478 e. The molecule has 26 heteroatoms. The van der Waals surface area contributed by atoms with Crippen LogP contribution in [0.15, 0.2) is 159 Å². The Bertz CT molecular complexity index is 3900. The number of amides is 3. The molecule has 4 aromatic carbocycles. The highest BCUT2D eigenvalue weighted by Gasteiger charge is 2.35. The third-order valence-electron chi connectivity index (χ3n) is 15.0. The number of thiocarbonyl (C=S) groups is 2. The van der Waals surface area contributed by atoms with Gasteiger partial charge in [-0.05, 0) is 157 Å². The lowest BCUT2D eigenvalue weighted by atomic mass is 9.96. The lowest BCUT2D eigenvalue weighted by Gasteiger charge is -2.23. The Balaban J connectivity index is 0.000000178. The van der Waals surface area contributed by atoms with E-state index in [-0.39, 0.29) is 84.9 Å². The van der Waals surface area contributed by atoms with Crippen LogP contribution in [0.5, 0.6) is 0 Å². The molecule has 0 radical (unpaired) electrons. The van der Waals surface area contributed by atoms with Gasteiger partial charge in [-0.15, -0.1) is 12.4 Å². The molecule has 6 heterocycles. The van der Waals surface area contributed by atoms with Crippen LogP contribution in [-0.2, 0) is 35.3 Å². The summed E-state index contributed by atoms with van der Waals surface area (Å²) in [4.78, 5) is 68.5. The van der Waals surface area contributed by atoms with Gasteiger partial charge in [0.2, 0.25) is 11.8 Å². The molecule has 12 rings (SSSR count).